The van der Waals surface area contributed by atoms with E-state index in [1.165, 1.54) is 6.07 Å². The quantitative estimate of drug-likeness (QED) is 0.583. The van der Waals surface area contributed by atoms with Crippen molar-refractivity contribution in [3.05, 3.63) is 63.4 Å². The Labute approximate surface area is 170 Å². The van der Waals surface area contributed by atoms with Gasteiger partial charge in [-0.1, -0.05) is 35.8 Å². The highest BCUT2D eigenvalue weighted by Gasteiger charge is 2.45. The molecule has 3 aromatic rings. The lowest BCUT2D eigenvalue weighted by Crippen LogP contribution is -2.34. The van der Waals surface area contributed by atoms with Crippen molar-refractivity contribution in [3.63, 3.8) is 0 Å². The van der Waals surface area contributed by atoms with Gasteiger partial charge in [-0.15, -0.1) is 4.68 Å². The molecule has 0 saturated carbocycles. The average Bonchev–Trinajstić information content (AvgIpc) is 3.32. The molecular formula is C20H22BrFN5O+. The fourth-order valence-corrected chi connectivity index (χ4v) is 4.08. The van der Waals surface area contributed by atoms with Crippen LogP contribution in [0, 0.1) is 11.7 Å². The molecule has 6 nitrogen and oxygen atoms in total. The Hall–Kier alpha value is -2.48. The van der Waals surface area contributed by atoms with Gasteiger partial charge in [-0.2, -0.15) is 10.2 Å². The van der Waals surface area contributed by atoms with Crippen molar-refractivity contribution in [1.29, 1.82) is 0 Å². The first-order chi connectivity index (χ1) is 13.4. The van der Waals surface area contributed by atoms with Crippen molar-refractivity contribution in [3.8, 4) is 0 Å². The van der Waals surface area contributed by atoms with Gasteiger partial charge >= 0.3 is 0 Å². The number of aromatic nitrogens is 4. The molecule has 0 radical (unpaired) electrons. The lowest BCUT2D eigenvalue weighted by molar-refractivity contribution is -0.746. The van der Waals surface area contributed by atoms with E-state index in [1.807, 2.05) is 17.8 Å². The molecule has 1 aliphatic rings. The normalized spacial score (nSPS) is 16.3. The second-order valence-corrected chi connectivity index (χ2v) is 8.34. The second-order valence-electron chi connectivity index (χ2n) is 7.42. The Morgan fingerprint density at radius 3 is 2.82 bits per heavy atom. The van der Waals surface area contributed by atoms with E-state index in [2.05, 4.69) is 45.1 Å². The van der Waals surface area contributed by atoms with Gasteiger partial charge in [0.05, 0.1) is 12.2 Å². The van der Waals surface area contributed by atoms with Crippen LogP contribution in [0.4, 0.5) is 10.1 Å². The number of nitrogens with one attached hydrogen (secondary N) is 2. The van der Waals surface area contributed by atoms with Crippen LogP contribution < -0.4 is 9.58 Å². The molecule has 1 aromatic carbocycles. The van der Waals surface area contributed by atoms with Gasteiger partial charge in [-0.25, -0.2) is 4.39 Å². The van der Waals surface area contributed by atoms with E-state index in [1.54, 1.807) is 23.2 Å². The standard InChI is InChI=1S/C20H21BrFN5O/c1-4-26-10-13(9-23-26)27-19(14-6-5-12(21)8-15(14)22)17-16(7-11(2)3)24-25-18(17)20(27)28/h5-6,8-11,19H,4,7H2,1-3H3,(H,24,25,28)/p+1. The molecule has 1 atom stereocenters. The maximum Gasteiger partial charge on any atom is 0.280 e. The largest absolute Gasteiger partial charge is 0.288 e. The van der Waals surface area contributed by atoms with E-state index in [0.717, 1.165) is 24.2 Å². The third-order valence-electron chi connectivity index (χ3n) is 4.99. The molecule has 0 fully saturated rings. The van der Waals surface area contributed by atoms with E-state index in [-0.39, 0.29) is 11.7 Å². The summed E-state index contributed by atoms with van der Waals surface area (Å²) in [5, 5.41) is 10.4. The smallest absolute Gasteiger partial charge is 0.280 e. The SMILES string of the molecule is CC[n+]1cc(N2C(=O)c3n[nH]c(CC(C)C)c3C2c2ccc(Br)cc2F)c[nH]1. The number of anilines is 1. The highest BCUT2D eigenvalue weighted by molar-refractivity contribution is 9.10. The highest BCUT2D eigenvalue weighted by Crippen LogP contribution is 2.43. The molecule has 2 N–H and O–H groups in total. The molecule has 28 heavy (non-hydrogen) atoms. The first-order valence-corrected chi connectivity index (χ1v) is 10.1. The average molecular weight is 447 g/mol. The van der Waals surface area contributed by atoms with Crippen molar-refractivity contribution in [1.82, 2.24) is 15.3 Å². The molecule has 1 amide bonds. The number of aromatic amines is 2. The Balaban J connectivity index is 1.90. The minimum atomic E-state index is -0.566. The zero-order chi connectivity index (χ0) is 20.0. The predicted molar refractivity (Wildman–Crippen MR) is 107 cm³/mol. The van der Waals surface area contributed by atoms with Crippen LogP contribution in [0.5, 0.6) is 0 Å². The molecule has 3 heterocycles. The Morgan fingerprint density at radius 1 is 1.39 bits per heavy atom. The molecule has 0 aliphatic carbocycles. The van der Waals surface area contributed by atoms with Crippen LogP contribution in [0.2, 0.25) is 0 Å². The fraction of sp³-hybridized carbons (Fsp3) is 0.350. The summed E-state index contributed by atoms with van der Waals surface area (Å²) in [4.78, 5) is 14.9. The molecule has 0 spiro atoms. The number of carbonyl (C=O) groups is 1. The number of amides is 1. The summed E-state index contributed by atoms with van der Waals surface area (Å²) in [7, 11) is 0. The molecule has 1 aliphatic heterocycles. The lowest BCUT2D eigenvalue weighted by atomic mass is 9.95. The van der Waals surface area contributed by atoms with Crippen LogP contribution in [0.3, 0.4) is 0 Å². The van der Waals surface area contributed by atoms with Crippen LogP contribution in [0.25, 0.3) is 0 Å². The van der Waals surface area contributed by atoms with Gasteiger partial charge < -0.3 is 0 Å². The van der Waals surface area contributed by atoms with Crippen molar-refractivity contribution >= 4 is 27.5 Å². The first kappa shape index (κ1) is 18.9. The molecule has 4 rings (SSSR count). The third-order valence-corrected chi connectivity index (χ3v) is 5.48. The summed E-state index contributed by atoms with van der Waals surface area (Å²) in [6, 6.07) is 4.39. The summed E-state index contributed by atoms with van der Waals surface area (Å²) in [5.74, 6) is -0.213. The van der Waals surface area contributed by atoms with Gasteiger partial charge in [0.1, 0.15) is 11.5 Å². The van der Waals surface area contributed by atoms with Gasteiger partial charge in [0.25, 0.3) is 5.91 Å². The van der Waals surface area contributed by atoms with Crippen LogP contribution in [-0.4, -0.2) is 21.2 Å². The molecular weight excluding hydrogens is 425 g/mol. The zero-order valence-corrected chi connectivity index (χ0v) is 17.5. The molecule has 0 bridgehead atoms. The molecule has 146 valence electrons. The number of rotatable bonds is 5. The maximum atomic E-state index is 15.0. The molecule has 1 unspecified atom stereocenters. The van der Waals surface area contributed by atoms with E-state index < -0.39 is 6.04 Å². The Kier molecular flexibility index (Phi) is 4.82. The first-order valence-electron chi connectivity index (χ1n) is 9.34. The number of aryl methyl sites for hydroxylation is 1. The van der Waals surface area contributed by atoms with E-state index in [0.29, 0.717) is 27.3 Å². The van der Waals surface area contributed by atoms with Gasteiger partial charge in [0, 0.05) is 21.3 Å². The third kappa shape index (κ3) is 3.05. The summed E-state index contributed by atoms with van der Waals surface area (Å²) in [6.45, 7) is 6.95. The summed E-state index contributed by atoms with van der Waals surface area (Å²) >= 11 is 3.31. The number of fused-ring (bicyclic) bond motifs is 1. The van der Waals surface area contributed by atoms with Gasteiger partial charge in [-0.05, 0) is 31.4 Å². The second kappa shape index (κ2) is 7.16. The fourth-order valence-electron chi connectivity index (χ4n) is 3.75. The van der Waals surface area contributed by atoms with Crippen LogP contribution in [0.1, 0.15) is 54.1 Å². The number of hydrogen-bond donors (Lipinski definition) is 2. The molecule has 8 heteroatoms. The predicted octanol–water partition coefficient (Wildman–Crippen LogP) is 3.90. The number of carbonyl (C=O) groups excluding carboxylic acids is 1. The van der Waals surface area contributed by atoms with Gasteiger partial charge in [0.2, 0.25) is 6.20 Å². The molecule has 2 aromatic heterocycles. The summed E-state index contributed by atoms with van der Waals surface area (Å²) in [6.07, 6.45) is 4.36. The molecule has 0 saturated heterocycles. The Bertz CT molecular complexity index is 1040. The Morgan fingerprint density at radius 2 is 2.18 bits per heavy atom. The van der Waals surface area contributed by atoms with Crippen molar-refractivity contribution in [2.24, 2.45) is 5.92 Å². The van der Waals surface area contributed by atoms with Crippen LogP contribution in [0.15, 0.2) is 35.1 Å². The van der Waals surface area contributed by atoms with Crippen LogP contribution in [-0.2, 0) is 13.0 Å². The van der Waals surface area contributed by atoms with Crippen LogP contribution >= 0.6 is 15.9 Å². The number of halogens is 2. The maximum absolute atomic E-state index is 15.0. The summed E-state index contributed by atoms with van der Waals surface area (Å²) < 4.78 is 17.5. The van der Waals surface area contributed by atoms with Crippen molar-refractivity contribution < 1.29 is 13.9 Å². The van der Waals surface area contributed by atoms with E-state index in [9.17, 15) is 9.18 Å². The van der Waals surface area contributed by atoms with Gasteiger partial charge in [0.15, 0.2) is 12.2 Å². The number of H-pyrrole nitrogens is 2. The number of hydrogen-bond acceptors (Lipinski definition) is 2. The topological polar surface area (TPSA) is 68.7 Å². The van der Waals surface area contributed by atoms with Crippen molar-refractivity contribution in [2.45, 2.75) is 39.8 Å². The number of nitrogens with zero attached hydrogens (tertiary/aromatic N) is 3. The summed E-state index contributed by atoms with van der Waals surface area (Å²) in [5.41, 5.74) is 3.15. The van der Waals surface area contributed by atoms with E-state index >= 15 is 0 Å². The van der Waals surface area contributed by atoms with E-state index in [4.69, 9.17) is 0 Å². The van der Waals surface area contributed by atoms with Gasteiger partial charge in [-0.3, -0.25) is 14.8 Å². The minimum Gasteiger partial charge on any atom is -0.288 e. The number of benzene rings is 1. The zero-order valence-electron chi connectivity index (χ0n) is 16.0. The van der Waals surface area contributed by atoms with Crippen molar-refractivity contribution in [2.75, 3.05) is 4.90 Å². The minimum absolute atomic E-state index is 0.226. The highest BCUT2D eigenvalue weighted by atomic mass is 79.9. The monoisotopic (exact) mass is 446 g/mol. The lowest BCUT2D eigenvalue weighted by Gasteiger charge is -2.25.